The molecule has 0 radical (unpaired) electrons. The second-order valence-corrected chi connectivity index (χ2v) is 8.26. The number of fused-ring (bicyclic) bond motifs is 2. The Balaban J connectivity index is 1.48. The van der Waals surface area contributed by atoms with Crippen molar-refractivity contribution in [3.8, 4) is 11.5 Å². The molecule has 1 aliphatic rings. The summed E-state index contributed by atoms with van der Waals surface area (Å²) in [7, 11) is 0. The first-order valence-electron chi connectivity index (χ1n) is 9.76. The van der Waals surface area contributed by atoms with Gasteiger partial charge in [-0.05, 0) is 41.8 Å². The zero-order valence-corrected chi connectivity index (χ0v) is 17.3. The topological polar surface area (TPSA) is 51.7 Å². The first kappa shape index (κ1) is 18.6. The Bertz CT molecular complexity index is 1220. The van der Waals surface area contributed by atoms with Crippen molar-refractivity contribution in [2.45, 2.75) is 19.9 Å². The Morgan fingerprint density at radius 2 is 1.83 bits per heavy atom. The van der Waals surface area contributed by atoms with Crippen LogP contribution in [0, 0.1) is 6.92 Å². The molecule has 0 saturated heterocycles. The average Bonchev–Trinajstić information content (AvgIpc) is 3.40. The van der Waals surface area contributed by atoms with Crippen LogP contribution in [0.3, 0.4) is 0 Å². The summed E-state index contributed by atoms with van der Waals surface area (Å²) in [5.41, 5.74) is 4.01. The molecule has 1 aromatic heterocycles. The Kier molecular flexibility index (Phi) is 4.85. The average molecular weight is 417 g/mol. The smallest absolute Gasteiger partial charge is 0.233 e. The Morgan fingerprint density at radius 1 is 1.00 bits per heavy atom. The zero-order valence-electron chi connectivity index (χ0n) is 16.5. The van der Waals surface area contributed by atoms with Crippen LogP contribution in [0.2, 0.25) is 0 Å². The van der Waals surface area contributed by atoms with Gasteiger partial charge in [0.2, 0.25) is 12.7 Å². The van der Waals surface area contributed by atoms with E-state index in [-0.39, 0.29) is 19.1 Å². The van der Waals surface area contributed by atoms with Crippen molar-refractivity contribution in [2.75, 3.05) is 11.7 Å². The maximum atomic E-state index is 13.4. The molecule has 0 aliphatic carbocycles. The number of hydrogen-bond donors (Lipinski definition) is 0. The summed E-state index contributed by atoms with van der Waals surface area (Å²) >= 11 is 1.55. The van der Waals surface area contributed by atoms with Crippen molar-refractivity contribution in [3.05, 3.63) is 83.4 Å². The van der Waals surface area contributed by atoms with Crippen LogP contribution in [-0.2, 0) is 17.8 Å². The van der Waals surface area contributed by atoms with E-state index in [2.05, 4.69) is 0 Å². The summed E-state index contributed by atoms with van der Waals surface area (Å²) in [5.74, 6) is 1.40. The number of aromatic nitrogens is 1. The highest BCUT2D eigenvalue weighted by Crippen LogP contribution is 2.34. The highest BCUT2D eigenvalue weighted by molar-refractivity contribution is 7.22. The maximum Gasteiger partial charge on any atom is 0.233 e. The Hall–Kier alpha value is -3.38. The first-order chi connectivity index (χ1) is 14.7. The van der Waals surface area contributed by atoms with E-state index in [1.54, 1.807) is 16.2 Å². The monoisotopic (exact) mass is 416 g/mol. The van der Waals surface area contributed by atoms with E-state index in [0.29, 0.717) is 23.2 Å². The van der Waals surface area contributed by atoms with Gasteiger partial charge in [-0.3, -0.25) is 9.69 Å². The molecule has 5 rings (SSSR count). The summed E-state index contributed by atoms with van der Waals surface area (Å²) in [6.45, 7) is 2.74. The number of thiazole rings is 1. The lowest BCUT2D eigenvalue weighted by molar-refractivity contribution is -0.118. The van der Waals surface area contributed by atoms with Gasteiger partial charge < -0.3 is 9.47 Å². The van der Waals surface area contributed by atoms with Crippen molar-refractivity contribution in [3.63, 3.8) is 0 Å². The predicted molar refractivity (Wildman–Crippen MR) is 118 cm³/mol. The van der Waals surface area contributed by atoms with Gasteiger partial charge in [0.15, 0.2) is 16.6 Å². The summed E-state index contributed by atoms with van der Waals surface area (Å²) in [4.78, 5) is 20.0. The van der Waals surface area contributed by atoms with E-state index in [4.69, 9.17) is 14.5 Å². The SMILES string of the molecule is Cc1cccc2sc(N(Cc3ccccc3)C(=O)Cc3ccc4c(c3)OCO4)nc12. The second kappa shape index (κ2) is 7.80. The van der Waals surface area contributed by atoms with Crippen LogP contribution < -0.4 is 14.4 Å². The number of aryl methyl sites for hydroxylation is 1. The van der Waals surface area contributed by atoms with Crippen molar-refractivity contribution in [1.29, 1.82) is 0 Å². The number of hydrogen-bond acceptors (Lipinski definition) is 5. The van der Waals surface area contributed by atoms with Gasteiger partial charge >= 0.3 is 0 Å². The lowest BCUT2D eigenvalue weighted by atomic mass is 10.1. The number of anilines is 1. The van der Waals surface area contributed by atoms with Gasteiger partial charge in [-0.15, -0.1) is 0 Å². The minimum absolute atomic E-state index is 0.00516. The van der Waals surface area contributed by atoms with Gasteiger partial charge in [0.25, 0.3) is 0 Å². The zero-order chi connectivity index (χ0) is 20.5. The maximum absolute atomic E-state index is 13.4. The lowest BCUT2D eigenvalue weighted by Crippen LogP contribution is -2.31. The van der Waals surface area contributed by atoms with Gasteiger partial charge in [0.05, 0.1) is 23.2 Å². The fourth-order valence-corrected chi connectivity index (χ4v) is 4.60. The van der Waals surface area contributed by atoms with Crippen molar-refractivity contribution in [2.24, 2.45) is 0 Å². The fraction of sp³-hybridized carbons (Fsp3) is 0.167. The highest BCUT2D eigenvalue weighted by atomic mass is 32.1. The van der Waals surface area contributed by atoms with Crippen LogP contribution >= 0.6 is 11.3 Å². The summed E-state index contributed by atoms with van der Waals surface area (Å²) in [6, 6.07) is 21.8. The third kappa shape index (κ3) is 3.62. The highest BCUT2D eigenvalue weighted by Gasteiger charge is 2.22. The van der Waals surface area contributed by atoms with Gasteiger partial charge in [0, 0.05) is 0 Å². The van der Waals surface area contributed by atoms with Crippen molar-refractivity contribution in [1.82, 2.24) is 4.98 Å². The molecule has 5 nitrogen and oxygen atoms in total. The van der Waals surface area contributed by atoms with Crippen LogP contribution in [0.25, 0.3) is 10.2 Å². The number of benzene rings is 3. The van der Waals surface area contributed by atoms with E-state index in [1.807, 2.05) is 73.7 Å². The molecule has 4 aromatic rings. The van der Waals surface area contributed by atoms with Gasteiger partial charge in [0.1, 0.15) is 0 Å². The number of carbonyl (C=O) groups excluding carboxylic acids is 1. The Labute approximate surface area is 178 Å². The number of carbonyl (C=O) groups is 1. The molecule has 0 spiro atoms. The molecule has 30 heavy (non-hydrogen) atoms. The molecule has 0 unspecified atom stereocenters. The van der Waals surface area contributed by atoms with Crippen LogP contribution in [-0.4, -0.2) is 17.7 Å². The molecular weight excluding hydrogens is 396 g/mol. The van der Waals surface area contributed by atoms with Gasteiger partial charge in [-0.25, -0.2) is 4.98 Å². The van der Waals surface area contributed by atoms with Crippen molar-refractivity contribution < 1.29 is 14.3 Å². The van der Waals surface area contributed by atoms with Crippen molar-refractivity contribution >= 4 is 32.6 Å². The summed E-state index contributed by atoms with van der Waals surface area (Å²) in [5, 5.41) is 0.717. The molecule has 1 amide bonds. The minimum Gasteiger partial charge on any atom is -0.454 e. The molecule has 0 fully saturated rings. The molecule has 0 saturated carbocycles. The lowest BCUT2D eigenvalue weighted by Gasteiger charge is -2.20. The number of rotatable bonds is 5. The number of amides is 1. The molecular formula is C24H20N2O3S. The van der Waals surface area contributed by atoms with Gasteiger partial charge in [-0.2, -0.15) is 0 Å². The summed E-state index contributed by atoms with van der Waals surface area (Å²) in [6.07, 6.45) is 0.262. The molecule has 0 bridgehead atoms. The Morgan fingerprint density at radius 3 is 2.67 bits per heavy atom. The van der Waals surface area contributed by atoms with Crippen LogP contribution in [0.5, 0.6) is 11.5 Å². The van der Waals surface area contributed by atoms with E-state index in [1.165, 1.54) is 0 Å². The minimum atomic E-state index is -0.00516. The molecule has 150 valence electrons. The quantitative estimate of drug-likeness (QED) is 0.454. The van der Waals surface area contributed by atoms with Crippen LogP contribution in [0.4, 0.5) is 5.13 Å². The normalized spacial score (nSPS) is 12.3. The molecule has 0 N–H and O–H groups in total. The molecule has 2 heterocycles. The number of ether oxygens (including phenoxy) is 2. The van der Waals surface area contributed by atoms with E-state index < -0.39 is 0 Å². The van der Waals surface area contributed by atoms with E-state index >= 15 is 0 Å². The fourth-order valence-electron chi connectivity index (χ4n) is 3.54. The second-order valence-electron chi connectivity index (χ2n) is 7.25. The first-order valence-corrected chi connectivity index (χ1v) is 10.6. The number of para-hydroxylation sites is 1. The van der Waals surface area contributed by atoms with Gasteiger partial charge in [-0.1, -0.05) is 59.9 Å². The third-order valence-electron chi connectivity index (χ3n) is 5.12. The molecule has 6 heteroatoms. The third-order valence-corrected chi connectivity index (χ3v) is 6.16. The van der Waals surface area contributed by atoms with E-state index in [0.717, 1.165) is 26.9 Å². The number of nitrogens with zero attached hydrogens (tertiary/aromatic N) is 2. The van der Waals surface area contributed by atoms with Crippen LogP contribution in [0.1, 0.15) is 16.7 Å². The largest absolute Gasteiger partial charge is 0.454 e. The molecule has 1 aliphatic heterocycles. The molecule has 0 atom stereocenters. The van der Waals surface area contributed by atoms with E-state index in [9.17, 15) is 4.79 Å². The predicted octanol–water partition coefficient (Wildman–Crippen LogP) is 5.11. The molecule has 3 aromatic carbocycles. The summed E-state index contributed by atoms with van der Waals surface area (Å²) < 4.78 is 11.9. The standard InChI is InChI=1S/C24H20N2O3S/c1-16-6-5-9-21-23(16)25-24(30-21)26(14-17-7-3-2-4-8-17)22(27)13-18-10-11-19-20(12-18)29-15-28-19/h2-12H,13-15H2,1H3. The van der Waals surface area contributed by atoms with Crippen LogP contribution in [0.15, 0.2) is 66.7 Å².